The number of nitrogens with zero attached hydrogens (tertiary/aromatic N) is 1. The fraction of sp³-hybridized carbons (Fsp3) is 0.333. The molecule has 2 aromatic rings. The normalized spacial score (nSPS) is 10.8. The molecule has 1 amide bonds. The van der Waals surface area contributed by atoms with Crippen LogP contribution in [0.1, 0.15) is 13.3 Å². The molecule has 18 heavy (non-hydrogen) atoms. The second-order valence-corrected chi connectivity index (χ2v) is 4.35. The van der Waals surface area contributed by atoms with Crippen LogP contribution in [0.5, 0.6) is 0 Å². The lowest BCUT2D eigenvalue weighted by Crippen LogP contribution is -2.31. The van der Waals surface area contributed by atoms with Crippen LogP contribution in [0, 0.1) is 0 Å². The zero-order chi connectivity index (χ0) is 13.1. The van der Waals surface area contributed by atoms with E-state index in [2.05, 4.69) is 5.32 Å². The number of nitrogens with one attached hydrogen (secondary N) is 1. The van der Waals surface area contributed by atoms with Crippen LogP contribution in [0.25, 0.3) is 11.1 Å². The molecule has 0 spiro atoms. The molecule has 0 saturated carbocycles. The molecule has 0 aliphatic carbocycles. The fourth-order valence-corrected chi connectivity index (χ4v) is 1.82. The van der Waals surface area contributed by atoms with E-state index < -0.39 is 5.76 Å². The highest BCUT2D eigenvalue weighted by molar-refractivity contribution is 6.31. The number of rotatable bonds is 4. The van der Waals surface area contributed by atoms with Crippen molar-refractivity contribution in [2.24, 2.45) is 0 Å². The van der Waals surface area contributed by atoms with Crippen LogP contribution in [0.3, 0.4) is 0 Å². The Balaban J connectivity index is 2.30. The van der Waals surface area contributed by atoms with Crippen molar-refractivity contribution in [2.45, 2.75) is 19.9 Å². The Morgan fingerprint density at radius 1 is 1.50 bits per heavy atom. The van der Waals surface area contributed by atoms with E-state index in [1.165, 1.54) is 4.57 Å². The van der Waals surface area contributed by atoms with Gasteiger partial charge in [0.15, 0.2) is 5.58 Å². The minimum atomic E-state index is -0.557. The molecule has 0 unspecified atom stereocenters. The molecule has 1 aromatic carbocycles. The van der Waals surface area contributed by atoms with Crippen LogP contribution in [-0.4, -0.2) is 17.0 Å². The minimum Gasteiger partial charge on any atom is -0.408 e. The van der Waals surface area contributed by atoms with E-state index in [4.69, 9.17) is 16.0 Å². The predicted octanol–water partition coefficient (Wildman–Crippen LogP) is 1.77. The van der Waals surface area contributed by atoms with Gasteiger partial charge in [0.2, 0.25) is 5.91 Å². The Morgan fingerprint density at radius 2 is 2.28 bits per heavy atom. The molecule has 0 radical (unpaired) electrons. The third-order valence-corrected chi connectivity index (χ3v) is 2.74. The Hall–Kier alpha value is -1.75. The topological polar surface area (TPSA) is 64.2 Å². The van der Waals surface area contributed by atoms with E-state index in [9.17, 15) is 9.59 Å². The number of halogens is 1. The van der Waals surface area contributed by atoms with Gasteiger partial charge in [0.1, 0.15) is 6.54 Å². The summed E-state index contributed by atoms with van der Waals surface area (Å²) < 4.78 is 6.32. The number of aromatic nitrogens is 1. The Kier molecular flexibility index (Phi) is 3.72. The number of hydrogen-bond acceptors (Lipinski definition) is 3. The molecular formula is C12H13ClN2O3. The van der Waals surface area contributed by atoms with E-state index in [0.717, 1.165) is 6.42 Å². The molecular weight excluding hydrogens is 256 g/mol. The number of carbonyl (C=O) groups is 1. The predicted molar refractivity (Wildman–Crippen MR) is 68.8 cm³/mol. The zero-order valence-corrected chi connectivity index (χ0v) is 10.7. The molecule has 0 atom stereocenters. The minimum absolute atomic E-state index is 0.0481. The monoisotopic (exact) mass is 268 g/mol. The summed E-state index contributed by atoms with van der Waals surface area (Å²) in [6, 6.07) is 4.87. The van der Waals surface area contributed by atoms with Gasteiger partial charge in [-0.15, -0.1) is 0 Å². The maximum atomic E-state index is 11.6. The van der Waals surface area contributed by atoms with Crippen molar-refractivity contribution in [3.8, 4) is 0 Å². The van der Waals surface area contributed by atoms with Crippen molar-refractivity contribution in [1.82, 2.24) is 9.88 Å². The highest BCUT2D eigenvalue weighted by Crippen LogP contribution is 2.18. The molecule has 1 N–H and O–H groups in total. The van der Waals surface area contributed by atoms with Gasteiger partial charge in [0, 0.05) is 17.6 Å². The molecule has 1 heterocycles. The van der Waals surface area contributed by atoms with Crippen LogP contribution in [0.2, 0.25) is 5.02 Å². The Bertz CT molecular complexity index is 630. The van der Waals surface area contributed by atoms with Crippen LogP contribution in [0.15, 0.2) is 27.4 Å². The molecule has 2 rings (SSSR count). The van der Waals surface area contributed by atoms with Crippen molar-refractivity contribution < 1.29 is 9.21 Å². The van der Waals surface area contributed by atoms with E-state index in [1.807, 2.05) is 6.92 Å². The quantitative estimate of drug-likeness (QED) is 0.919. The van der Waals surface area contributed by atoms with Crippen LogP contribution in [-0.2, 0) is 11.3 Å². The van der Waals surface area contributed by atoms with Gasteiger partial charge < -0.3 is 9.73 Å². The largest absolute Gasteiger partial charge is 0.420 e. The standard InChI is InChI=1S/C12H13ClN2O3/c1-2-5-14-11(16)7-15-9-4-3-8(13)6-10(9)18-12(15)17/h3-4,6H,2,5,7H2,1H3,(H,14,16). The van der Waals surface area contributed by atoms with Gasteiger partial charge >= 0.3 is 5.76 Å². The number of fused-ring (bicyclic) bond motifs is 1. The van der Waals surface area contributed by atoms with Gasteiger partial charge in [0.05, 0.1) is 5.52 Å². The lowest BCUT2D eigenvalue weighted by Gasteiger charge is -2.03. The number of carbonyl (C=O) groups excluding carboxylic acids is 1. The summed E-state index contributed by atoms with van der Waals surface area (Å²) in [4.78, 5) is 23.2. The SMILES string of the molecule is CCCNC(=O)Cn1c(=O)oc2cc(Cl)ccc21. The van der Waals surface area contributed by atoms with Gasteiger partial charge in [-0.3, -0.25) is 9.36 Å². The van der Waals surface area contributed by atoms with Gasteiger partial charge in [-0.2, -0.15) is 0 Å². The first-order chi connectivity index (χ1) is 8.61. The molecule has 96 valence electrons. The first-order valence-electron chi connectivity index (χ1n) is 5.67. The summed E-state index contributed by atoms with van der Waals surface area (Å²) >= 11 is 5.80. The van der Waals surface area contributed by atoms with Crippen molar-refractivity contribution in [2.75, 3.05) is 6.54 Å². The van der Waals surface area contributed by atoms with Crippen molar-refractivity contribution >= 4 is 28.6 Å². The second kappa shape index (κ2) is 5.27. The highest BCUT2D eigenvalue weighted by Gasteiger charge is 2.12. The van der Waals surface area contributed by atoms with Crippen molar-refractivity contribution in [3.05, 3.63) is 33.8 Å². The van der Waals surface area contributed by atoms with E-state index >= 15 is 0 Å². The average molecular weight is 269 g/mol. The molecule has 0 aliphatic heterocycles. The summed E-state index contributed by atoms with van der Waals surface area (Å²) in [5, 5.41) is 3.19. The lowest BCUT2D eigenvalue weighted by molar-refractivity contribution is -0.121. The third-order valence-electron chi connectivity index (χ3n) is 2.50. The first kappa shape index (κ1) is 12.7. The summed E-state index contributed by atoms with van der Waals surface area (Å²) in [5.74, 6) is -0.768. The second-order valence-electron chi connectivity index (χ2n) is 3.92. The molecule has 6 heteroatoms. The van der Waals surface area contributed by atoms with E-state index in [0.29, 0.717) is 22.7 Å². The smallest absolute Gasteiger partial charge is 0.408 e. The summed E-state index contributed by atoms with van der Waals surface area (Å²) in [6.07, 6.45) is 0.850. The lowest BCUT2D eigenvalue weighted by atomic mass is 10.3. The van der Waals surface area contributed by atoms with Gasteiger partial charge in [-0.05, 0) is 18.6 Å². The highest BCUT2D eigenvalue weighted by atomic mass is 35.5. The molecule has 1 aromatic heterocycles. The van der Waals surface area contributed by atoms with Gasteiger partial charge in [0.25, 0.3) is 0 Å². The molecule has 0 fully saturated rings. The summed E-state index contributed by atoms with van der Waals surface area (Å²) in [6.45, 7) is 2.50. The van der Waals surface area contributed by atoms with E-state index in [1.54, 1.807) is 18.2 Å². The number of oxazole rings is 1. The Labute approximate surface area is 108 Å². The summed E-state index contributed by atoms with van der Waals surface area (Å²) in [5.41, 5.74) is 0.951. The number of benzene rings is 1. The zero-order valence-electron chi connectivity index (χ0n) is 9.90. The number of amides is 1. The van der Waals surface area contributed by atoms with Crippen LogP contribution < -0.4 is 11.1 Å². The van der Waals surface area contributed by atoms with Crippen LogP contribution in [0.4, 0.5) is 0 Å². The van der Waals surface area contributed by atoms with Crippen molar-refractivity contribution in [3.63, 3.8) is 0 Å². The molecule has 0 bridgehead atoms. The maximum absolute atomic E-state index is 11.6. The fourth-order valence-electron chi connectivity index (χ4n) is 1.65. The third kappa shape index (κ3) is 2.56. The molecule has 0 saturated heterocycles. The number of hydrogen-bond donors (Lipinski definition) is 1. The van der Waals surface area contributed by atoms with Crippen molar-refractivity contribution in [1.29, 1.82) is 0 Å². The van der Waals surface area contributed by atoms with Gasteiger partial charge in [-0.25, -0.2) is 4.79 Å². The molecule has 5 nitrogen and oxygen atoms in total. The molecule has 0 aliphatic rings. The Morgan fingerprint density at radius 3 is 3.00 bits per heavy atom. The first-order valence-corrected chi connectivity index (χ1v) is 6.05. The summed E-state index contributed by atoms with van der Waals surface area (Å²) in [7, 11) is 0. The van der Waals surface area contributed by atoms with Crippen LogP contribution >= 0.6 is 11.6 Å². The maximum Gasteiger partial charge on any atom is 0.420 e. The van der Waals surface area contributed by atoms with E-state index in [-0.39, 0.29) is 12.5 Å². The average Bonchev–Trinajstić information content (AvgIpc) is 2.62. The van der Waals surface area contributed by atoms with Gasteiger partial charge in [-0.1, -0.05) is 18.5 Å².